The lowest BCUT2D eigenvalue weighted by molar-refractivity contribution is -0.155. The van der Waals surface area contributed by atoms with Crippen molar-refractivity contribution < 1.29 is 24.5 Å². The third-order valence-corrected chi connectivity index (χ3v) is 8.58. The molecule has 0 saturated carbocycles. The Morgan fingerprint density at radius 1 is 1.22 bits per heavy atom. The Kier molecular flexibility index (Phi) is 9.44. The maximum absolute atomic E-state index is 13.2. The van der Waals surface area contributed by atoms with Gasteiger partial charge in [0.05, 0.1) is 34.3 Å². The lowest BCUT2D eigenvalue weighted by Gasteiger charge is -2.34. The molecule has 4 N–H and O–H groups in total. The van der Waals surface area contributed by atoms with E-state index in [-0.39, 0.29) is 18.1 Å². The van der Waals surface area contributed by atoms with E-state index < -0.39 is 35.6 Å². The van der Waals surface area contributed by atoms with Crippen molar-refractivity contribution in [2.75, 3.05) is 0 Å². The van der Waals surface area contributed by atoms with Crippen molar-refractivity contribution in [2.24, 2.45) is 23.0 Å². The van der Waals surface area contributed by atoms with E-state index in [9.17, 15) is 19.8 Å². The maximum Gasteiger partial charge on any atom is 0.309 e. The number of fused-ring (bicyclic) bond motifs is 1. The van der Waals surface area contributed by atoms with Crippen LogP contribution in [0.3, 0.4) is 0 Å². The highest BCUT2D eigenvalue weighted by Crippen LogP contribution is 2.34. The van der Waals surface area contributed by atoms with Gasteiger partial charge in [0.1, 0.15) is 16.9 Å². The number of aliphatic hydroxyl groups excluding tert-OH is 2. The summed E-state index contributed by atoms with van der Waals surface area (Å²) in [6.45, 7) is 9.33. The van der Waals surface area contributed by atoms with Crippen molar-refractivity contribution in [2.45, 2.75) is 91.6 Å². The third-order valence-electron chi connectivity index (χ3n) is 7.52. The van der Waals surface area contributed by atoms with E-state index in [2.05, 4.69) is 18.0 Å². The van der Waals surface area contributed by atoms with Crippen molar-refractivity contribution in [1.29, 1.82) is 0 Å². The minimum absolute atomic E-state index is 0.0569. The number of rotatable bonds is 2. The molecule has 2 heterocycles. The molecule has 8 heteroatoms. The first-order chi connectivity index (χ1) is 16.9. The molecule has 0 fully saturated rings. The lowest BCUT2D eigenvalue weighted by atomic mass is 9.73. The van der Waals surface area contributed by atoms with Crippen LogP contribution in [0.5, 0.6) is 0 Å². The molecule has 198 valence electrons. The van der Waals surface area contributed by atoms with Crippen molar-refractivity contribution >= 4 is 33.3 Å². The highest BCUT2D eigenvalue weighted by Gasteiger charge is 2.42. The predicted octanol–water partition coefficient (Wildman–Crippen LogP) is 4.84. The van der Waals surface area contributed by atoms with Crippen LogP contribution in [0.4, 0.5) is 0 Å². The Balaban J connectivity index is 1.91. The Labute approximate surface area is 217 Å². The quantitative estimate of drug-likeness (QED) is 0.386. The molecular weight excluding hydrogens is 476 g/mol. The molecule has 0 aliphatic carbocycles. The van der Waals surface area contributed by atoms with Crippen LogP contribution in [0.2, 0.25) is 0 Å². The standard InChI is InChI=1S/C28H40N2O5S/c1-16-7-6-8-17(2)26(33)18(3)27(34)28(4,5)23(31)14-25(32)35-21(11-9-16)19-10-12-22-20(13-19)30-24(15-29)36-22/h9-10,12-13,17-18,21,23,26,31,33H,6-8,11,14-15,29H2,1-5H3/b16-9-/t17-,18+,21-,23+,26-/m0/s1. The van der Waals surface area contributed by atoms with Crippen LogP contribution in [0, 0.1) is 17.3 Å². The number of aromatic nitrogens is 1. The number of ketones is 1. The summed E-state index contributed by atoms with van der Waals surface area (Å²) in [6.07, 6.45) is 2.21. The second kappa shape index (κ2) is 11.9. The molecule has 7 nitrogen and oxygen atoms in total. The zero-order valence-corrected chi connectivity index (χ0v) is 22.8. The van der Waals surface area contributed by atoms with E-state index in [1.54, 1.807) is 32.1 Å². The van der Waals surface area contributed by atoms with Gasteiger partial charge in [-0.2, -0.15) is 0 Å². The summed E-state index contributed by atoms with van der Waals surface area (Å²) in [6, 6.07) is 5.84. The molecule has 1 aliphatic rings. The fourth-order valence-electron chi connectivity index (χ4n) is 4.83. The molecule has 0 bridgehead atoms. The topological polar surface area (TPSA) is 123 Å². The summed E-state index contributed by atoms with van der Waals surface area (Å²) in [5.41, 5.74) is 7.36. The van der Waals surface area contributed by atoms with Crippen LogP contribution in [-0.2, 0) is 20.9 Å². The van der Waals surface area contributed by atoms with Gasteiger partial charge in [0, 0.05) is 18.9 Å². The number of hydrogen-bond acceptors (Lipinski definition) is 8. The van der Waals surface area contributed by atoms with E-state index >= 15 is 0 Å². The number of aliphatic hydroxyl groups is 2. The van der Waals surface area contributed by atoms with Crippen molar-refractivity contribution in [3.63, 3.8) is 0 Å². The summed E-state index contributed by atoms with van der Waals surface area (Å²) < 4.78 is 6.90. The van der Waals surface area contributed by atoms with Crippen LogP contribution in [-0.4, -0.2) is 39.2 Å². The molecule has 1 aromatic carbocycles. The molecule has 0 amide bonds. The molecule has 36 heavy (non-hydrogen) atoms. The number of hydrogen-bond donors (Lipinski definition) is 3. The Morgan fingerprint density at radius 3 is 2.64 bits per heavy atom. The van der Waals surface area contributed by atoms with Gasteiger partial charge in [-0.1, -0.05) is 45.4 Å². The summed E-state index contributed by atoms with van der Waals surface area (Å²) in [7, 11) is 0. The van der Waals surface area contributed by atoms with E-state index in [0.29, 0.717) is 13.0 Å². The molecule has 1 aromatic heterocycles. The van der Waals surface area contributed by atoms with E-state index in [1.165, 1.54) is 5.57 Å². The summed E-state index contributed by atoms with van der Waals surface area (Å²) in [5.74, 6) is -1.54. The molecule has 3 rings (SSSR count). The van der Waals surface area contributed by atoms with Gasteiger partial charge < -0.3 is 20.7 Å². The van der Waals surface area contributed by atoms with Gasteiger partial charge >= 0.3 is 5.97 Å². The molecular formula is C28H40N2O5S. The van der Waals surface area contributed by atoms with Gasteiger partial charge in [0.15, 0.2) is 0 Å². The van der Waals surface area contributed by atoms with Crippen LogP contribution in [0.15, 0.2) is 29.8 Å². The van der Waals surface area contributed by atoms with Gasteiger partial charge in [-0.05, 0) is 49.8 Å². The first kappa shape index (κ1) is 28.4. The highest BCUT2D eigenvalue weighted by molar-refractivity contribution is 7.18. The molecule has 0 radical (unpaired) electrons. The molecule has 0 unspecified atom stereocenters. The predicted molar refractivity (Wildman–Crippen MR) is 142 cm³/mol. The third kappa shape index (κ3) is 6.59. The fourth-order valence-corrected chi connectivity index (χ4v) is 5.66. The largest absolute Gasteiger partial charge is 0.457 e. The molecule has 2 aromatic rings. The van der Waals surface area contributed by atoms with Crippen molar-refractivity contribution in [3.8, 4) is 0 Å². The van der Waals surface area contributed by atoms with E-state index in [4.69, 9.17) is 10.5 Å². The lowest BCUT2D eigenvalue weighted by Crippen LogP contribution is -2.45. The van der Waals surface area contributed by atoms with Crippen LogP contribution in [0.1, 0.15) is 83.4 Å². The SMILES string of the molecule is C/C1=C/C[C@@H](c2ccc3sc(CN)nc3c2)OC(=O)C[C@@H](O)C(C)(C)C(=O)[C@H](C)[C@@H](O)[C@@H](C)CCC1. The summed E-state index contributed by atoms with van der Waals surface area (Å²) in [4.78, 5) is 30.8. The molecule has 0 spiro atoms. The van der Waals surface area contributed by atoms with Crippen LogP contribution >= 0.6 is 11.3 Å². The monoisotopic (exact) mass is 516 g/mol. The number of nitrogens with two attached hydrogens (primary N) is 1. The highest BCUT2D eigenvalue weighted by atomic mass is 32.1. The number of ether oxygens (including phenoxy) is 1. The molecule has 0 saturated heterocycles. The smallest absolute Gasteiger partial charge is 0.309 e. The van der Waals surface area contributed by atoms with Crippen LogP contribution in [0.25, 0.3) is 10.2 Å². The van der Waals surface area contributed by atoms with Gasteiger partial charge in [-0.3, -0.25) is 9.59 Å². The van der Waals surface area contributed by atoms with Gasteiger partial charge in [0.25, 0.3) is 0 Å². The average molecular weight is 517 g/mol. The first-order valence-corrected chi connectivity index (χ1v) is 13.6. The number of esters is 1. The zero-order chi connectivity index (χ0) is 26.6. The number of cyclic esters (lactones) is 1. The second-order valence-electron chi connectivity index (χ2n) is 10.8. The minimum atomic E-state index is -1.23. The minimum Gasteiger partial charge on any atom is -0.457 e. The number of carbonyl (C=O) groups is 2. The second-order valence-corrected chi connectivity index (χ2v) is 11.9. The zero-order valence-electron chi connectivity index (χ0n) is 22.0. The number of Topliss-reactive ketones (excluding diaryl/α,β-unsaturated/α-hetero) is 1. The normalized spacial score (nSPS) is 30.6. The van der Waals surface area contributed by atoms with Crippen molar-refractivity contribution in [3.05, 3.63) is 40.4 Å². The number of benzene rings is 1. The van der Waals surface area contributed by atoms with Crippen molar-refractivity contribution in [1.82, 2.24) is 4.98 Å². The number of carbonyl (C=O) groups excluding carboxylic acids is 2. The Bertz CT molecular complexity index is 1110. The molecule has 1 aliphatic heterocycles. The van der Waals surface area contributed by atoms with Crippen LogP contribution < -0.4 is 5.73 Å². The number of thiazole rings is 1. The van der Waals surface area contributed by atoms with E-state index in [1.807, 2.05) is 25.1 Å². The maximum atomic E-state index is 13.2. The van der Waals surface area contributed by atoms with Gasteiger partial charge in [-0.25, -0.2) is 4.98 Å². The molecule has 5 atom stereocenters. The Morgan fingerprint density at radius 2 is 1.94 bits per heavy atom. The first-order valence-electron chi connectivity index (χ1n) is 12.8. The average Bonchev–Trinajstić information content (AvgIpc) is 3.26. The number of nitrogens with zero attached hydrogens (tertiary/aromatic N) is 1. The summed E-state index contributed by atoms with van der Waals surface area (Å²) in [5, 5.41) is 22.5. The Hall–Kier alpha value is -2.13. The van der Waals surface area contributed by atoms with Gasteiger partial charge in [-0.15, -0.1) is 11.3 Å². The summed E-state index contributed by atoms with van der Waals surface area (Å²) >= 11 is 1.54. The van der Waals surface area contributed by atoms with Gasteiger partial charge in [0.2, 0.25) is 0 Å². The number of allylic oxidation sites excluding steroid dienone is 1. The fraction of sp³-hybridized carbons (Fsp3) is 0.607. The van der Waals surface area contributed by atoms with E-state index in [0.717, 1.165) is 40.1 Å².